The van der Waals surface area contributed by atoms with E-state index in [1.54, 1.807) is 6.07 Å². The number of hydrazone groups is 1. The molecule has 0 radical (unpaired) electrons. The van der Waals surface area contributed by atoms with Crippen LogP contribution in [0.1, 0.15) is 49.9 Å². The second-order valence-corrected chi connectivity index (χ2v) is 5.99. The van der Waals surface area contributed by atoms with Crippen molar-refractivity contribution in [3.05, 3.63) is 34.3 Å². The van der Waals surface area contributed by atoms with E-state index in [2.05, 4.69) is 31.8 Å². The second kappa shape index (κ2) is 10.1. The maximum absolute atomic E-state index is 11.9. The minimum atomic E-state index is -0.0852. The first kappa shape index (κ1) is 18.4. The van der Waals surface area contributed by atoms with Crippen molar-refractivity contribution >= 4 is 33.5 Å². The molecule has 0 unspecified atom stereocenters. The summed E-state index contributed by atoms with van der Waals surface area (Å²) in [6.07, 6.45) is 2.97. The first-order valence-electron chi connectivity index (χ1n) is 7.33. The molecule has 0 aliphatic heterocycles. The predicted molar refractivity (Wildman–Crippen MR) is 91.9 cm³/mol. The SMILES string of the molecule is CC(C)=NNC(=O)CCCCCNC(=O)c1ccccc1Br. The lowest BCUT2D eigenvalue weighted by molar-refractivity contribution is -0.121. The normalized spacial score (nSPS) is 9.95. The Bertz CT molecular complexity index is 540. The highest BCUT2D eigenvalue weighted by Gasteiger charge is 2.07. The summed E-state index contributed by atoms with van der Waals surface area (Å²) >= 11 is 3.36. The highest BCUT2D eigenvalue weighted by atomic mass is 79.9. The van der Waals surface area contributed by atoms with Crippen LogP contribution in [0.2, 0.25) is 0 Å². The maximum atomic E-state index is 11.9. The number of amides is 2. The van der Waals surface area contributed by atoms with Gasteiger partial charge in [-0.15, -0.1) is 0 Å². The van der Waals surface area contributed by atoms with E-state index in [9.17, 15) is 9.59 Å². The fourth-order valence-electron chi connectivity index (χ4n) is 1.76. The molecule has 0 bridgehead atoms. The predicted octanol–water partition coefficient (Wildman–Crippen LogP) is 3.25. The number of unbranched alkanes of at least 4 members (excludes halogenated alkanes) is 2. The van der Waals surface area contributed by atoms with Crippen molar-refractivity contribution < 1.29 is 9.59 Å². The molecule has 2 amide bonds. The molecule has 0 spiro atoms. The number of nitrogens with one attached hydrogen (secondary N) is 2. The molecule has 0 saturated carbocycles. The van der Waals surface area contributed by atoms with Crippen LogP contribution < -0.4 is 10.7 Å². The quantitative estimate of drug-likeness (QED) is 0.420. The first-order valence-corrected chi connectivity index (χ1v) is 8.12. The molecular weight excluding hydrogens is 346 g/mol. The lowest BCUT2D eigenvalue weighted by Crippen LogP contribution is -2.24. The van der Waals surface area contributed by atoms with Gasteiger partial charge >= 0.3 is 0 Å². The van der Waals surface area contributed by atoms with Gasteiger partial charge in [0.2, 0.25) is 5.91 Å². The lowest BCUT2D eigenvalue weighted by Gasteiger charge is -2.06. The van der Waals surface area contributed by atoms with Gasteiger partial charge in [0.25, 0.3) is 5.91 Å². The molecule has 0 aliphatic rings. The molecule has 0 heterocycles. The molecule has 120 valence electrons. The molecule has 1 rings (SSSR count). The van der Waals surface area contributed by atoms with Crippen LogP contribution in [0.4, 0.5) is 0 Å². The Labute approximate surface area is 139 Å². The fourth-order valence-corrected chi connectivity index (χ4v) is 2.22. The molecule has 0 saturated heterocycles. The highest BCUT2D eigenvalue weighted by molar-refractivity contribution is 9.10. The van der Waals surface area contributed by atoms with E-state index in [0.29, 0.717) is 18.5 Å². The van der Waals surface area contributed by atoms with Gasteiger partial charge in [0.1, 0.15) is 0 Å². The molecule has 0 aliphatic carbocycles. The molecule has 22 heavy (non-hydrogen) atoms. The smallest absolute Gasteiger partial charge is 0.252 e. The largest absolute Gasteiger partial charge is 0.352 e. The van der Waals surface area contributed by atoms with Crippen LogP contribution >= 0.6 is 15.9 Å². The van der Waals surface area contributed by atoms with Gasteiger partial charge in [-0.1, -0.05) is 18.6 Å². The molecule has 6 heteroatoms. The van der Waals surface area contributed by atoms with Crippen LogP contribution in [0, 0.1) is 0 Å². The van der Waals surface area contributed by atoms with Crippen molar-refractivity contribution in [2.24, 2.45) is 5.10 Å². The number of nitrogens with zero attached hydrogens (tertiary/aromatic N) is 1. The number of rotatable bonds is 8. The van der Waals surface area contributed by atoms with Crippen LogP contribution in [-0.2, 0) is 4.79 Å². The zero-order valence-corrected chi connectivity index (χ0v) is 14.6. The summed E-state index contributed by atoms with van der Waals surface area (Å²) in [5.74, 6) is -0.156. The molecule has 5 nitrogen and oxygen atoms in total. The van der Waals surface area contributed by atoms with Crippen molar-refractivity contribution in [2.75, 3.05) is 6.54 Å². The summed E-state index contributed by atoms with van der Waals surface area (Å²) < 4.78 is 0.788. The minimum Gasteiger partial charge on any atom is -0.352 e. The molecule has 0 fully saturated rings. The standard InChI is InChI=1S/C16H22BrN3O2/c1-12(2)19-20-15(21)10-4-3-7-11-18-16(22)13-8-5-6-9-14(13)17/h5-6,8-9H,3-4,7,10-11H2,1-2H3,(H,18,22)(H,20,21). The van der Waals surface area contributed by atoms with Gasteiger partial charge in [0.05, 0.1) is 5.56 Å². The third kappa shape index (κ3) is 7.36. The number of benzene rings is 1. The van der Waals surface area contributed by atoms with Crippen molar-refractivity contribution in [1.82, 2.24) is 10.7 Å². The molecule has 2 N–H and O–H groups in total. The van der Waals surface area contributed by atoms with Crippen molar-refractivity contribution in [1.29, 1.82) is 0 Å². The zero-order chi connectivity index (χ0) is 16.4. The van der Waals surface area contributed by atoms with E-state index in [1.165, 1.54) is 0 Å². The molecule has 0 atom stereocenters. The molecular formula is C16H22BrN3O2. The molecule has 1 aromatic rings. The monoisotopic (exact) mass is 367 g/mol. The number of carbonyl (C=O) groups excluding carboxylic acids is 2. The van der Waals surface area contributed by atoms with Gasteiger partial charge in [-0.3, -0.25) is 9.59 Å². The Balaban J connectivity index is 2.13. The summed E-state index contributed by atoms with van der Waals surface area (Å²) in [6, 6.07) is 7.32. The van der Waals surface area contributed by atoms with Gasteiger partial charge in [0, 0.05) is 23.1 Å². The highest BCUT2D eigenvalue weighted by Crippen LogP contribution is 2.15. The Morgan fingerprint density at radius 2 is 1.86 bits per heavy atom. The van der Waals surface area contributed by atoms with Crippen molar-refractivity contribution in [3.63, 3.8) is 0 Å². The summed E-state index contributed by atoms with van der Waals surface area (Å²) in [5.41, 5.74) is 3.95. The summed E-state index contributed by atoms with van der Waals surface area (Å²) in [6.45, 7) is 4.26. The second-order valence-electron chi connectivity index (χ2n) is 5.14. The zero-order valence-electron chi connectivity index (χ0n) is 13.0. The van der Waals surface area contributed by atoms with Crippen LogP contribution in [-0.4, -0.2) is 24.1 Å². The topological polar surface area (TPSA) is 70.6 Å². The molecule has 1 aromatic carbocycles. The van der Waals surface area contributed by atoms with Crippen molar-refractivity contribution in [3.8, 4) is 0 Å². The minimum absolute atomic E-state index is 0.0709. The summed E-state index contributed by atoms with van der Waals surface area (Å²) in [4.78, 5) is 23.4. The van der Waals surface area contributed by atoms with E-state index < -0.39 is 0 Å². The van der Waals surface area contributed by atoms with Crippen LogP contribution in [0.5, 0.6) is 0 Å². The van der Waals surface area contributed by atoms with Gasteiger partial charge in [0.15, 0.2) is 0 Å². The van der Waals surface area contributed by atoms with E-state index in [1.807, 2.05) is 32.0 Å². The van der Waals surface area contributed by atoms with Crippen molar-refractivity contribution in [2.45, 2.75) is 39.5 Å². The summed E-state index contributed by atoms with van der Waals surface area (Å²) in [7, 11) is 0. The Morgan fingerprint density at radius 3 is 2.55 bits per heavy atom. The molecule has 0 aromatic heterocycles. The Hall–Kier alpha value is -1.69. The number of carbonyl (C=O) groups is 2. The van der Waals surface area contributed by atoms with E-state index >= 15 is 0 Å². The number of hydrogen-bond donors (Lipinski definition) is 2. The third-order valence-corrected chi connectivity index (χ3v) is 3.58. The summed E-state index contributed by atoms with van der Waals surface area (Å²) in [5, 5.41) is 6.74. The Morgan fingerprint density at radius 1 is 1.14 bits per heavy atom. The average Bonchev–Trinajstić information content (AvgIpc) is 2.48. The van der Waals surface area contributed by atoms with Crippen LogP contribution in [0.15, 0.2) is 33.8 Å². The van der Waals surface area contributed by atoms with Crippen LogP contribution in [0.25, 0.3) is 0 Å². The van der Waals surface area contributed by atoms with E-state index in [-0.39, 0.29) is 11.8 Å². The van der Waals surface area contributed by atoms with Gasteiger partial charge in [-0.05, 0) is 54.8 Å². The lowest BCUT2D eigenvalue weighted by atomic mass is 10.2. The van der Waals surface area contributed by atoms with E-state index in [0.717, 1.165) is 29.4 Å². The number of hydrogen-bond acceptors (Lipinski definition) is 3. The maximum Gasteiger partial charge on any atom is 0.252 e. The number of halogens is 1. The van der Waals surface area contributed by atoms with Gasteiger partial charge in [-0.2, -0.15) is 5.10 Å². The van der Waals surface area contributed by atoms with E-state index in [4.69, 9.17) is 0 Å². The first-order chi connectivity index (χ1) is 10.5. The third-order valence-electron chi connectivity index (χ3n) is 2.89. The van der Waals surface area contributed by atoms with Crippen LogP contribution in [0.3, 0.4) is 0 Å². The van der Waals surface area contributed by atoms with Gasteiger partial charge < -0.3 is 5.32 Å². The van der Waals surface area contributed by atoms with Gasteiger partial charge in [-0.25, -0.2) is 5.43 Å². The Kier molecular flexibility index (Phi) is 8.43. The fraction of sp³-hybridized carbons (Fsp3) is 0.438. The average molecular weight is 368 g/mol.